The Kier molecular flexibility index (Phi) is 6.03. The van der Waals surface area contributed by atoms with Crippen LogP contribution in [0.5, 0.6) is 0 Å². The van der Waals surface area contributed by atoms with Crippen molar-refractivity contribution in [2.75, 3.05) is 5.32 Å². The molecule has 0 fully saturated rings. The van der Waals surface area contributed by atoms with Crippen molar-refractivity contribution < 1.29 is 4.79 Å². The number of para-hydroxylation sites is 1. The fourth-order valence-electron chi connectivity index (χ4n) is 2.02. The van der Waals surface area contributed by atoms with Crippen LogP contribution in [-0.2, 0) is 0 Å². The van der Waals surface area contributed by atoms with Crippen LogP contribution in [0.4, 0.5) is 10.5 Å². The van der Waals surface area contributed by atoms with Gasteiger partial charge in [0.1, 0.15) is 0 Å². The third-order valence-electron chi connectivity index (χ3n) is 3.03. The summed E-state index contributed by atoms with van der Waals surface area (Å²) < 4.78 is 0. The summed E-state index contributed by atoms with van der Waals surface area (Å²) in [5.41, 5.74) is 8.54. The molecule has 110 valence electrons. The SMILES string of the molecule is CCCC(C)N=C(N)NC(=O)Nc1c(C)cccc1C. The van der Waals surface area contributed by atoms with E-state index in [4.69, 9.17) is 5.73 Å². The van der Waals surface area contributed by atoms with Crippen molar-refractivity contribution in [3.8, 4) is 0 Å². The van der Waals surface area contributed by atoms with Gasteiger partial charge < -0.3 is 11.1 Å². The first-order valence-corrected chi connectivity index (χ1v) is 6.91. The number of nitrogens with one attached hydrogen (secondary N) is 2. The van der Waals surface area contributed by atoms with E-state index in [1.165, 1.54) is 0 Å². The number of nitrogens with two attached hydrogens (primary N) is 1. The minimum atomic E-state index is -0.368. The standard InChI is InChI=1S/C15H24N4O/c1-5-7-12(4)17-14(16)19-15(20)18-13-10(2)8-6-9-11(13)3/h6,8-9,12H,5,7H2,1-4H3,(H4,16,17,18,19,20). The van der Waals surface area contributed by atoms with Crippen LogP contribution in [-0.4, -0.2) is 18.0 Å². The van der Waals surface area contributed by atoms with E-state index < -0.39 is 0 Å². The van der Waals surface area contributed by atoms with Gasteiger partial charge in [0.2, 0.25) is 0 Å². The normalized spacial score (nSPS) is 12.9. The number of carbonyl (C=O) groups excluding carboxylic acids is 1. The molecule has 1 rings (SSSR count). The van der Waals surface area contributed by atoms with Gasteiger partial charge in [0, 0.05) is 5.69 Å². The number of anilines is 1. The first-order chi connectivity index (χ1) is 9.43. The van der Waals surface area contributed by atoms with Crippen molar-refractivity contribution in [1.29, 1.82) is 0 Å². The van der Waals surface area contributed by atoms with Crippen molar-refractivity contribution in [3.05, 3.63) is 29.3 Å². The number of carbonyl (C=O) groups is 1. The monoisotopic (exact) mass is 276 g/mol. The van der Waals surface area contributed by atoms with Crippen molar-refractivity contribution >= 4 is 17.7 Å². The summed E-state index contributed by atoms with van der Waals surface area (Å²) in [5, 5.41) is 5.35. The van der Waals surface area contributed by atoms with Crippen LogP contribution >= 0.6 is 0 Å². The lowest BCUT2D eigenvalue weighted by atomic mass is 10.1. The molecule has 0 bridgehead atoms. The van der Waals surface area contributed by atoms with E-state index in [1.807, 2.05) is 39.0 Å². The molecular formula is C15H24N4O. The molecule has 1 aromatic rings. The second kappa shape index (κ2) is 7.53. The molecular weight excluding hydrogens is 252 g/mol. The van der Waals surface area contributed by atoms with E-state index in [0.29, 0.717) is 0 Å². The van der Waals surface area contributed by atoms with Crippen LogP contribution in [0.15, 0.2) is 23.2 Å². The molecule has 1 atom stereocenters. The molecule has 1 aromatic carbocycles. The van der Waals surface area contributed by atoms with E-state index in [9.17, 15) is 4.79 Å². The van der Waals surface area contributed by atoms with Crippen LogP contribution in [0, 0.1) is 13.8 Å². The summed E-state index contributed by atoms with van der Waals surface area (Å²) in [6, 6.07) is 5.59. The number of benzene rings is 1. The Bertz CT molecular complexity index is 476. The Hall–Kier alpha value is -2.04. The largest absolute Gasteiger partial charge is 0.370 e. The first kappa shape index (κ1) is 16.0. The Morgan fingerprint density at radius 3 is 2.50 bits per heavy atom. The lowest BCUT2D eigenvalue weighted by Gasteiger charge is -2.13. The number of nitrogens with zero attached hydrogens (tertiary/aromatic N) is 1. The molecule has 4 N–H and O–H groups in total. The predicted molar refractivity (Wildman–Crippen MR) is 84.1 cm³/mol. The van der Waals surface area contributed by atoms with Gasteiger partial charge in [-0.1, -0.05) is 31.5 Å². The number of guanidine groups is 1. The molecule has 1 unspecified atom stereocenters. The van der Waals surface area contributed by atoms with Crippen LogP contribution in [0.3, 0.4) is 0 Å². The lowest BCUT2D eigenvalue weighted by molar-refractivity contribution is 0.256. The lowest BCUT2D eigenvalue weighted by Crippen LogP contribution is -2.40. The highest BCUT2D eigenvalue weighted by Gasteiger charge is 2.08. The topological polar surface area (TPSA) is 79.5 Å². The highest BCUT2D eigenvalue weighted by Crippen LogP contribution is 2.18. The average Bonchev–Trinajstić information content (AvgIpc) is 2.34. The average molecular weight is 276 g/mol. The molecule has 0 spiro atoms. The quantitative estimate of drug-likeness (QED) is 0.584. The fourth-order valence-corrected chi connectivity index (χ4v) is 2.02. The highest BCUT2D eigenvalue weighted by molar-refractivity contribution is 6.02. The molecule has 2 amide bonds. The molecule has 0 aliphatic carbocycles. The summed E-state index contributed by atoms with van der Waals surface area (Å²) in [6.07, 6.45) is 1.98. The van der Waals surface area contributed by atoms with Gasteiger partial charge >= 0.3 is 6.03 Å². The zero-order valence-corrected chi connectivity index (χ0v) is 12.7. The predicted octanol–water partition coefficient (Wildman–Crippen LogP) is 2.93. The van der Waals surface area contributed by atoms with Crippen LogP contribution in [0.25, 0.3) is 0 Å². The first-order valence-electron chi connectivity index (χ1n) is 6.91. The number of aliphatic imine (C=N–C) groups is 1. The molecule has 0 aromatic heterocycles. The summed E-state index contributed by atoms with van der Waals surface area (Å²) >= 11 is 0. The smallest absolute Gasteiger partial charge is 0.326 e. The second-order valence-electron chi connectivity index (χ2n) is 5.00. The molecule has 20 heavy (non-hydrogen) atoms. The van der Waals surface area contributed by atoms with Crippen LogP contribution in [0.1, 0.15) is 37.8 Å². The summed E-state index contributed by atoms with van der Waals surface area (Å²) in [4.78, 5) is 16.1. The zero-order chi connectivity index (χ0) is 15.1. The molecule has 0 saturated carbocycles. The van der Waals surface area contributed by atoms with Gasteiger partial charge in [0.15, 0.2) is 5.96 Å². The minimum Gasteiger partial charge on any atom is -0.370 e. The maximum Gasteiger partial charge on any atom is 0.326 e. The Balaban J connectivity index is 2.64. The molecule has 0 radical (unpaired) electrons. The van der Waals surface area contributed by atoms with Crippen LogP contribution < -0.4 is 16.4 Å². The molecule has 0 aliphatic rings. The van der Waals surface area contributed by atoms with E-state index >= 15 is 0 Å². The van der Waals surface area contributed by atoms with E-state index in [1.54, 1.807) is 0 Å². The summed E-state index contributed by atoms with van der Waals surface area (Å²) in [5.74, 6) is 0.148. The van der Waals surface area contributed by atoms with Crippen molar-refractivity contribution in [2.45, 2.75) is 46.6 Å². The van der Waals surface area contributed by atoms with Gasteiger partial charge in [-0.15, -0.1) is 0 Å². The van der Waals surface area contributed by atoms with Crippen LogP contribution in [0.2, 0.25) is 0 Å². The number of urea groups is 1. The van der Waals surface area contributed by atoms with Gasteiger partial charge in [-0.25, -0.2) is 4.79 Å². The summed E-state index contributed by atoms with van der Waals surface area (Å²) in [6.45, 7) is 7.96. The van der Waals surface area contributed by atoms with Gasteiger partial charge in [-0.05, 0) is 38.3 Å². The number of hydrogen-bond acceptors (Lipinski definition) is 2. The van der Waals surface area contributed by atoms with Crippen molar-refractivity contribution in [2.24, 2.45) is 10.7 Å². The minimum absolute atomic E-state index is 0.112. The van der Waals surface area contributed by atoms with Gasteiger partial charge in [-0.2, -0.15) is 0 Å². The van der Waals surface area contributed by atoms with Gasteiger partial charge in [0.05, 0.1) is 6.04 Å². The van der Waals surface area contributed by atoms with Crippen molar-refractivity contribution in [3.63, 3.8) is 0 Å². The third kappa shape index (κ3) is 4.91. The summed E-state index contributed by atoms with van der Waals surface area (Å²) in [7, 11) is 0. The highest BCUT2D eigenvalue weighted by atomic mass is 16.2. The van der Waals surface area contributed by atoms with E-state index in [-0.39, 0.29) is 18.0 Å². The molecule has 0 aliphatic heterocycles. The molecule has 5 nitrogen and oxygen atoms in total. The zero-order valence-electron chi connectivity index (χ0n) is 12.7. The molecule has 0 saturated heterocycles. The third-order valence-corrected chi connectivity index (χ3v) is 3.03. The number of aryl methyl sites for hydroxylation is 2. The molecule has 5 heteroatoms. The van der Waals surface area contributed by atoms with E-state index in [0.717, 1.165) is 29.7 Å². The van der Waals surface area contributed by atoms with E-state index in [2.05, 4.69) is 22.5 Å². The Morgan fingerprint density at radius 1 is 1.35 bits per heavy atom. The van der Waals surface area contributed by atoms with Crippen molar-refractivity contribution in [1.82, 2.24) is 5.32 Å². The Morgan fingerprint density at radius 2 is 1.95 bits per heavy atom. The number of rotatable bonds is 4. The number of amides is 2. The van der Waals surface area contributed by atoms with Gasteiger partial charge in [0.25, 0.3) is 0 Å². The maximum atomic E-state index is 11.9. The fraction of sp³-hybridized carbons (Fsp3) is 0.467. The van der Waals surface area contributed by atoms with Gasteiger partial charge in [-0.3, -0.25) is 10.3 Å². The second-order valence-corrected chi connectivity index (χ2v) is 5.00. The Labute approximate surface area is 120 Å². The number of hydrogen-bond donors (Lipinski definition) is 3. The molecule has 0 heterocycles. The maximum absolute atomic E-state index is 11.9.